The molecule has 0 aromatic carbocycles. The van der Waals surface area contributed by atoms with E-state index in [1.807, 2.05) is 31.5 Å². The van der Waals surface area contributed by atoms with Gasteiger partial charge in [-0.25, -0.2) is 0 Å². The Labute approximate surface area is 112 Å². The van der Waals surface area contributed by atoms with E-state index in [2.05, 4.69) is 10.6 Å². The number of hydrogen-bond donors (Lipinski definition) is 2. The molecule has 0 atom stereocenters. The Morgan fingerprint density at radius 2 is 2.06 bits per heavy atom. The van der Waals surface area contributed by atoms with Crippen molar-refractivity contribution in [2.24, 2.45) is 0 Å². The number of nitrogens with one attached hydrogen (secondary N) is 2. The third kappa shape index (κ3) is 5.82. The summed E-state index contributed by atoms with van der Waals surface area (Å²) >= 11 is 1.49. The molecule has 0 spiro atoms. The lowest BCUT2D eigenvalue weighted by Crippen LogP contribution is -2.40. The van der Waals surface area contributed by atoms with E-state index >= 15 is 0 Å². The molecule has 1 rings (SSSR count). The van der Waals surface area contributed by atoms with Crippen LogP contribution in [0.15, 0.2) is 16.8 Å². The first-order chi connectivity index (χ1) is 8.38. The predicted octanol–water partition coefficient (Wildman–Crippen LogP) is 2.17. The fourth-order valence-electron chi connectivity index (χ4n) is 1.43. The van der Waals surface area contributed by atoms with Crippen LogP contribution in [-0.4, -0.2) is 23.9 Å². The van der Waals surface area contributed by atoms with Crippen LogP contribution in [-0.2, 0) is 4.79 Å². The number of carbonyl (C=O) groups is 2. The molecule has 0 radical (unpaired) electrons. The van der Waals surface area contributed by atoms with Crippen molar-refractivity contribution >= 4 is 23.2 Å². The molecular formula is C13H20N2O2S. The van der Waals surface area contributed by atoms with Crippen LogP contribution in [0.3, 0.4) is 0 Å². The third-order valence-corrected chi connectivity index (χ3v) is 2.85. The molecule has 18 heavy (non-hydrogen) atoms. The summed E-state index contributed by atoms with van der Waals surface area (Å²) < 4.78 is 0. The largest absolute Gasteiger partial charge is 0.352 e. The van der Waals surface area contributed by atoms with Gasteiger partial charge in [0.15, 0.2) is 0 Å². The molecule has 1 heterocycles. The lowest BCUT2D eigenvalue weighted by Gasteiger charge is -2.20. The predicted molar refractivity (Wildman–Crippen MR) is 73.8 cm³/mol. The van der Waals surface area contributed by atoms with Gasteiger partial charge in [0.25, 0.3) is 5.91 Å². The zero-order valence-electron chi connectivity index (χ0n) is 11.1. The summed E-state index contributed by atoms with van der Waals surface area (Å²) in [6, 6.07) is 1.78. The standard InChI is InChI=1S/C13H20N2O2S/c1-13(2,3)15-11(16)5-4-7-14-12(17)10-6-8-18-9-10/h6,8-9H,4-5,7H2,1-3H3,(H,14,17)(H,15,16). The van der Waals surface area contributed by atoms with Crippen molar-refractivity contribution in [1.29, 1.82) is 0 Å². The lowest BCUT2D eigenvalue weighted by atomic mass is 10.1. The Morgan fingerprint density at radius 1 is 1.33 bits per heavy atom. The van der Waals surface area contributed by atoms with E-state index in [-0.39, 0.29) is 17.4 Å². The van der Waals surface area contributed by atoms with Gasteiger partial charge in [0, 0.05) is 29.4 Å². The van der Waals surface area contributed by atoms with Crippen LogP contribution in [0, 0.1) is 0 Å². The SMILES string of the molecule is CC(C)(C)NC(=O)CCCNC(=O)c1ccsc1. The highest BCUT2D eigenvalue weighted by atomic mass is 32.1. The van der Waals surface area contributed by atoms with Gasteiger partial charge < -0.3 is 10.6 Å². The highest BCUT2D eigenvalue weighted by Gasteiger charge is 2.13. The number of amides is 2. The van der Waals surface area contributed by atoms with Crippen LogP contribution in [0.4, 0.5) is 0 Å². The molecule has 0 aliphatic heterocycles. The zero-order valence-corrected chi connectivity index (χ0v) is 11.9. The molecule has 0 bridgehead atoms. The molecule has 0 saturated carbocycles. The third-order valence-electron chi connectivity index (χ3n) is 2.16. The normalized spacial score (nSPS) is 11.1. The first kappa shape index (κ1) is 14.7. The number of rotatable bonds is 5. The van der Waals surface area contributed by atoms with Crippen LogP contribution >= 0.6 is 11.3 Å². The van der Waals surface area contributed by atoms with Crippen molar-refractivity contribution in [1.82, 2.24) is 10.6 Å². The minimum atomic E-state index is -0.197. The van der Waals surface area contributed by atoms with Gasteiger partial charge in [-0.05, 0) is 38.6 Å². The number of thiophene rings is 1. The van der Waals surface area contributed by atoms with E-state index in [0.29, 0.717) is 24.9 Å². The smallest absolute Gasteiger partial charge is 0.252 e. The average Bonchev–Trinajstić information content (AvgIpc) is 2.74. The molecule has 1 aromatic heterocycles. The first-order valence-corrected chi connectivity index (χ1v) is 6.94. The Morgan fingerprint density at radius 3 is 2.61 bits per heavy atom. The van der Waals surface area contributed by atoms with E-state index < -0.39 is 0 Å². The van der Waals surface area contributed by atoms with Crippen LogP contribution in [0.25, 0.3) is 0 Å². The maximum absolute atomic E-state index is 11.6. The molecule has 4 nitrogen and oxygen atoms in total. The molecular weight excluding hydrogens is 248 g/mol. The minimum absolute atomic E-state index is 0.0206. The van der Waals surface area contributed by atoms with Crippen molar-refractivity contribution in [3.05, 3.63) is 22.4 Å². The number of hydrogen-bond acceptors (Lipinski definition) is 3. The summed E-state index contributed by atoms with van der Waals surface area (Å²) in [4.78, 5) is 23.1. The highest BCUT2D eigenvalue weighted by Crippen LogP contribution is 2.05. The summed E-state index contributed by atoms with van der Waals surface area (Å²) in [7, 11) is 0. The van der Waals surface area contributed by atoms with Gasteiger partial charge in [-0.2, -0.15) is 11.3 Å². The summed E-state index contributed by atoms with van der Waals surface area (Å²) in [5.74, 6) is -0.0558. The minimum Gasteiger partial charge on any atom is -0.352 e. The van der Waals surface area contributed by atoms with Crippen molar-refractivity contribution in [2.45, 2.75) is 39.2 Å². The summed E-state index contributed by atoms with van der Waals surface area (Å²) in [5, 5.41) is 9.35. The van der Waals surface area contributed by atoms with E-state index in [0.717, 1.165) is 0 Å². The van der Waals surface area contributed by atoms with Crippen molar-refractivity contribution < 1.29 is 9.59 Å². The van der Waals surface area contributed by atoms with Gasteiger partial charge in [0.05, 0.1) is 0 Å². The molecule has 1 aromatic rings. The highest BCUT2D eigenvalue weighted by molar-refractivity contribution is 7.08. The zero-order chi connectivity index (χ0) is 13.6. The van der Waals surface area contributed by atoms with Gasteiger partial charge in [0.2, 0.25) is 5.91 Å². The Bertz CT molecular complexity index is 394. The van der Waals surface area contributed by atoms with Crippen LogP contribution in [0.1, 0.15) is 44.0 Å². The molecule has 5 heteroatoms. The Hall–Kier alpha value is -1.36. The van der Waals surface area contributed by atoms with E-state index in [1.54, 1.807) is 6.07 Å². The maximum Gasteiger partial charge on any atom is 0.252 e. The van der Waals surface area contributed by atoms with E-state index in [4.69, 9.17) is 0 Å². The molecule has 0 unspecified atom stereocenters. The van der Waals surface area contributed by atoms with E-state index in [9.17, 15) is 9.59 Å². The van der Waals surface area contributed by atoms with Crippen LogP contribution < -0.4 is 10.6 Å². The Kier molecular flexibility index (Phi) is 5.34. The summed E-state index contributed by atoms with van der Waals surface area (Å²) in [5.41, 5.74) is 0.482. The fraction of sp³-hybridized carbons (Fsp3) is 0.538. The van der Waals surface area contributed by atoms with Crippen LogP contribution in [0.2, 0.25) is 0 Å². The molecule has 2 N–H and O–H groups in total. The second-order valence-electron chi connectivity index (χ2n) is 5.17. The Balaban J connectivity index is 2.16. The lowest BCUT2D eigenvalue weighted by molar-refractivity contribution is -0.122. The second kappa shape index (κ2) is 6.54. The second-order valence-corrected chi connectivity index (χ2v) is 5.95. The first-order valence-electron chi connectivity index (χ1n) is 6.00. The molecule has 2 amide bonds. The van der Waals surface area contributed by atoms with Crippen molar-refractivity contribution in [2.75, 3.05) is 6.54 Å². The molecule has 100 valence electrons. The molecule has 0 saturated heterocycles. The van der Waals surface area contributed by atoms with Crippen molar-refractivity contribution in [3.8, 4) is 0 Å². The average molecular weight is 268 g/mol. The van der Waals surface area contributed by atoms with Gasteiger partial charge in [-0.1, -0.05) is 0 Å². The fourth-order valence-corrected chi connectivity index (χ4v) is 2.06. The van der Waals surface area contributed by atoms with Gasteiger partial charge in [0.1, 0.15) is 0 Å². The topological polar surface area (TPSA) is 58.2 Å². The van der Waals surface area contributed by atoms with Crippen LogP contribution in [0.5, 0.6) is 0 Å². The quantitative estimate of drug-likeness (QED) is 0.804. The molecule has 0 aliphatic carbocycles. The summed E-state index contributed by atoms with van der Waals surface area (Å²) in [6.45, 7) is 6.36. The van der Waals surface area contributed by atoms with Gasteiger partial charge in [-0.15, -0.1) is 0 Å². The van der Waals surface area contributed by atoms with Gasteiger partial charge in [-0.3, -0.25) is 9.59 Å². The van der Waals surface area contributed by atoms with Gasteiger partial charge >= 0.3 is 0 Å². The number of carbonyl (C=O) groups excluding carboxylic acids is 2. The summed E-state index contributed by atoms with van der Waals surface area (Å²) in [6.07, 6.45) is 1.08. The van der Waals surface area contributed by atoms with Crippen molar-refractivity contribution in [3.63, 3.8) is 0 Å². The molecule has 0 aliphatic rings. The monoisotopic (exact) mass is 268 g/mol. The molecule has 0 fully saturated rings. The maximum atomic E-state index is 11.6. The van der Waals surface area contributed by atoms with E-state index in [1.165, 1.54) is 11.3 Å².